The summed E-state index contributed by atoms with van der Waals surface area (Å²) in [6.07, 6.45) is -0.520. The van der Waals surface area contributed by atoms with Gasteiger partial charge in [0.2, 0.25) is 0 Å². The standard InChI is InChI=1S/C23H30N2O5/c1-24(2)14-16-5-7-17(8-6-16)23(27)25-11-12-30-21(15-26)22(25)18-9-10-19(28-3)20(13-18)29-4/h5-10,13,21-22,26H,11-12,14-15H2,1-4H3/t21-,22-/m1/s1. The largest absolute Gasteiger partial charge is 0.493 e. The Hall–Kier alpha value is -2.61. The quantitative estimate of drug-likeness (QED) is 0.750. The Morgan fingerprint density at radius 2 is 1.83 bits per heavy atom. The molecule has 2 atom stereocenters. The number of hydrogen-bond donors (Lipinski definition) is 1. The molecule has 7 heteroatoms. The van der Waals surface area contributed by atoms with Crippen LogP contribution in [0.25, 0.3) is 0 Å². The highest BCUT2D eigenvalue weighted by Crippen LogP contribution is 2.36. The number of methoxy groups -OCH3 is 2. The van der Waals surface area contributed by atoms with Crippen LogP contribution in [0.4, 0.5) is 0 Å². The number of morpholine rings is 1. The smallest absolute Gasteiger partial charge is 0.254 e. The highest BCUT2D eigenvalue weighted by molar-refractivity contribution is 5.94. The Morgan fingerprint density at radius 3 is 2.43 bits per heavy atom. The predicted octanol–water partition coefficient (Wildman–Crippen LogP) is 2.34. The van der Waals surface area contributed by atoms with Gasteiger partial charge in [-0.05, 0) is 49.5 Å². The molecule has 0 aromatic heterocycles. The number of hydrogen-bond acceptors (Lipinski definition) is 6. The fraction of sp³-hybridized carbons (Fsp3) is 0.435. The summed E-state index contributed by atoms with van der Waals surface area (Å²) in [7, 11) is 7.17. The van der Waals surface area contributed by atoms with Gasteiger partial charge in [0.15, 0.2) is 11.5 Å². The van der Waals surface area contributed by atoms with E-state index in [0.29, 0.717) is 30.2 Å². The maximum atomic E-state index is 13.4. The zero-order valence-electron chi connectivity index (χ0n) is 18.0. The molecule has 1 N–H and O–H groups in total. The summed E-state index contributed by atoms with van der Waals surface area (Å²) < 4.78 is 16.5. The summed E-state index contributed by atoms with van der Waals surface area (Å²) in [5.41, 5.74) is 2.58. The van der Waals surface area contributed by atoms with Gasteiger partial charge >= 0.3 is 0 Å². The summed E-state index contributed by atoms with van der Waals surface area (Å²) in [6, 6.07) is 12.7. The van der Waals surface area contributed by atoms with E-state index in [2.05, 4.69) is 4.90 Å². The Kier molecular flexibility index (Phi) is 7.31. The maximum Gasteiger partial charge on any atom is 0.254 e. The van der Waals surface area contributed by atoms with Crippen LogP contribution in [0.2, 0.25) is 0 Å². The van der Waals surface area contributed by atoms with E-state index in [9.17, 15) is 9.90 Å². The van der Waals surface area contributed by atoms with Crippen LogP contribution in [0, 0.1) is 0 Å². The molecule has 2 aromatic rings. The molecule has 0 spiro atoms. The molecule has 1 fully saturated rings. The van der Waals surface area contributed by atoms with Crippen molar-refractivity contribution in [1.82, 2.24) is 9.80 Å². The second-order valence-electron chi connectivity index (χ2n) is 7.58. The first-order valence-corrected chi connectivity index (χ1v) is 9.97. The number of rotatable bonds is 7. The van der Waals surface area contributed by atoms with E-state index < -0.39 is 12.1 Å². The molecule has 0 aliphatic carbocycles. The van der Waals surface area contributed by atoms with Gasteiger partial charge in [0.25, 0.3) is 5.91 Å². The Bertz CT molecular complexity index is 853. The number of aliphatic hydroxyl groups excluding tert-OH is 1. The van der Waals surface area contributed by atoms with Gasteiger partial charge in [-0.15, -0.1) is 0 Å². The van der Waals surface area contributed by atoms with Crippen molar-refractivity contribution >= 4 is 5.91 Å². The molecule has 162 valence electrons. The summed E-state index contributed by atoms with van der Waals surface area (Å²) in [6.45, 7) is 1.44. The number of nitrogens with zero attached hydrogens (tertiary/aromatic N) is 2. The van der Waals surface area contributed by atoms with Gasteiger partial charge in [-0.1, -0.05) is 18.2 Å². The van der Waals surface area contributed by atoms with E-state index in [4.69, 9.17) is 14.2 Å². The van der Waals surface area contributed by atoms with Crippen LogP contribution in [0.15, 0.2) is 42.5 Å². The average Bonchev–Trinajstić information content (AvgIpc) is 2.77. The van der Waals surface area contributed by atoms with Gasteiger partial charge in [-0.3, -0.25) is 4.79 Å². The van der Waals surface area contributed by atoms with Crippen molar-refractivity contribution in [2.75, 3.05) is 48.1 Å². The van der Waals surface area contributed by atoms with Crippen LogP contribution in [0.1, 0.15) is 27.5 Å². The number of benzene rings is 2. The predicted molar refractivity (Wildman–Crippen MR) is 114 cm³/mol. The molecule has 1 amide bonds. The van der Waals surface area contributed by atoms with Crippen molar-refractivity contribution in [3.8, 4) is 11.5 Å². The molecule has 2 aromatic carbocycles. The molecule has 0 saturated carbocycles. The van der Waals surface area contributed by atoms with Crippen LogP contribution >= 0.6 is 0 Å². The molecule has 1 aliphatic rings. The van der Waals surface area contributed by atoms with Gasteiger partial charge in [-0.2, -0.15) is 0 Å². The van der Waals surface area contributed by atoms with Crippen molar-refractivity contribution in [2.24, 2.45) is 0 Å². The number of carbonyl (C=O) groups excluding carboxylic acids is 1. The molecule has 3 rings (SSSR count). The van der Waals surface area contributed by atoms with Crippen molar-refractivity contribution in [3.63, 3.8) is 0 Å². The third-order valence-corrected chi connectivity index (χ3v) is 5.24. The lowest BCUT2D eigenvalue weighted by atomic mass is 9.96. The molecule has 1 saturated heterocycles. The minimum Gasteiger partial charge on any atom is -0.493 e. The van der Waals surface area contributed by atoms with Crippen LogP contribution in [0.3, 0.4) is 0 Å². The fourth-order valence-electron chi connectivity index (χ4n) is 3.83. The Morgan fingerprint density at radius 1 is 1.13 bits per heavy atom. The topological polar surface area (TPSA) is 71.5 Å². The Balaban J connectivity index is 1.92. The van der Waals surface area contributed by atoms with E-state index >= 15 is 0 Å². The zero-order valence-corrected chi connectivity index (χ0v) is 18.0. The first-order valence-electron chi connectivity index (χ1n) is 9.97. The van der Waals surface area contributed by atoms with E-state index in [1.54, 1.807) is 25.2 Å². The van der Waals surface area contributed by atoms with E-state index in [0.717, 1.165) is 17.7 Å². The van der Waals surface area contributed by atoms with Gasteiger partial charge in [-0.25, -0.2) is 0 Å². The number of carbonyl (C=O) groups is 1. The minimum absolute atomic E-state index is 0.0899. The Labute approximate surface area is 177 Å². The lowest BCUT2D eigenvalue weighted by Gasteiger charge is -2.41. The molecule has 1 aliphatic heterocycles. The van der Waals surface area contributed by atoms with E-state index in [1.165, 1.54) is 0 Å². The molecule has 0 unspecified atom stereocenters. The molecule has 1 heterocycles. The SMILES string of the molecule is COc1ccc([C@@H]2[C@@H](CO)OCCN2C(=O)c2ccc(CN(C)C)cc2)cc1OC. The summed E-state index contributed by atoms with van der Waals surface area (Å²) in [4.78, 5) is 17.2. The molecular formula is C23H30N2O5. The summed E-state index contributed by atoms with van der Waals surface area (Å²) in [5, 5.41) is 9.92. The fourth-order valence-corrected chi connectivity index (χ4v) is 3.83. The first kappa shape index (κ1) is 22.1. The highest BCUT2D eigenvalue weighted by atomic mass is 16.5. The summed E-state index contributed by atoms with van der Waals surface area (Å²) >= 11 is 0. The third-order valence-electron chi connectivity index (χ3n) is 5.24. The van der Waals surface area contributed by atoms with Crippen LogP contribution in [-0.2, 0) is 11.3 Å². The third kappa shape index (κ3) is 4.75. The number of ether oxygens (including phenoxy) is 3. The zero-order chi connectivity index (χ0) is 21.7. The van der Waals surface area contributed by atoms with Crippen LogP contribution in [-0.4, -0.2) is 75.0 Å². The van der Waals surface area contributed by atoms with Crippen molar-refractivity contribution < 1.29 is 24.1 Å². The van der Waals surface area contributed by atoms with Gasteiger partial charge in [0, 0.05) is 18.7 Å². The van der Waals surface area contributed by atoms with Gasteiger partial charge < -0.3 is 29.1 Å². The van der Waals surface area contributed by atoms with Gasteiger partial charge in [0.05, 0.1) is 33.5 Å². The van der Waals surface area contributed by atoms with Crippen molar-refractivity contribution in [2.45, 2.75) is 18.7 Å². The van der Waals surface area contributed by atoms with Crippen LogP contribution < -0.4 is 9.47 Å². The second kappa shape index (κ2) is 9.93. The molecular weight excluding hydrogens is 384 g/mol. The van der Waals surface area contributed by atoms with Crippen molar-refractivity contribution in [3.05, 3.63) is 59.2 Å². The first-order chi connectivity index (χ1) is 14.5. The highest BCUT2D eigenvalue weighted by Gasteiger charge is 2.37. The lowest BCUT2D eigenvalue weighted by molar-refractivity contribution is -0.0811. The monoisotopic (exact) mass is 414 g/mol. The normalized spacial score (nSPS) is 19.1. The van der Waals surface area contributed by atoms with Crippen molar-refractivity contribution in [1.29, 1.82) is 0 Å². The second-order valence-corrected chi connectivity index (χ2v) is 7.58. The number of amides is 1. The van der Waals surface area contributed by atoms with E-state index in [1.807, 2.05) is 50.5 Å². The average molecular weight is 415 g/mol. The number of aliphatic hydroxyl groups is 1. The van der Waals surface area contributed by atoms with Crippen LogP contribution in [0.5, 0.6) is 11.5 Å². The molecule has 7 nitrogen and oxygen atoms in total. The summed E-state index contributed by atoms with van der Waals surface area (Å²) in [5.74, 6) is 1.08. The molecule has 0 radical (unpaired) electrons. The molecule has 30 heavy (non-hydrogen) atoms. The lowest BCUT2D eigenvalue weighted by Crippen LogP contribution is -2.49. The minimum atomic E-state index is -0.520. The van der Waals surface area contributed by atoms with Gasteiger partial charge in [0.1, 0.15) is 6.10 Å². The van der Waals surface area contributed by atoms with E-state index in [-0.39, 0.29) is 12.5 Å². The maximum absolute atomic E-state index is 13.4. The molecule has 0 bridgehead atoms.